The van der Waals surface area contributed by atoms with Crippen LogP contribution in [0, 0.1) is 0 Å². The predicted molar refractivity (Wildman–Crippen MR) is 58.2 cm³/mol. The van der Waals surface area contributed by atoms with Crippen LogP contribution in [0.1, 0.15) is 32.9 Å². The molecule has 1 unspecified atom stereocenters. The van der Waals surface area contributed by atoms with Crippen LogP contribution in [-0.2, 0) is 10.2 Å². The molecule has 16 heavy (non-hydrogen) atoms. The molecule has 0 aromatic carbocycles. The van der Waals surface area contributed by atoms with Gasteiger partial charge in [-0.3, -0.25) is 9.69 Å². The number of β-amino-alcohol motifs (C(OH)–C–C–N with tert-alkyl or cyclic N) is 1. The lowest BCUT2D eigenvalue weighted by Gasteiger charge is -2.13. The number of aromatic nitrogens is 1. The molecule has 1 atom stereocenters. The van der Waals surface area contributed by atoms with E-state index < -0.39 is 6.10 Å². The molecule has 1 amide bonds. The number of hydrogen-bond donors (Lipinski definition) is 1. The van der Waals surface area contributed by atoms with Crippen LogP contribution in [0.3, 0.4) is 0 Å². The van der Waals surface area contributed by atoms with Crippen LogP contribution in [0.4, 0.5) is 5.88 Å². The summed E-state index contributed by atoms with van der Waals surface area (Å²) in [6, 6.07) is 1.76. The summed E-state index contributed by atoms with van der Waals surface area (Å²) >= 11 is 0. The van der Waals surface area contributed by atoms with Crippen LogP contribution in [0.2, 0.25) is 0 Å². The molecule has 88 valence electrons. The highest BCUT2D eigenvalue weighted by molar-refractivity contribution is 5.94. The standard InChI is InChI=1S/C11H16N2O3/c1-11(2,3)8-5-10(16-12-8)13-6-7(14)4-9(13)15/h5,7,14H,4,6H2,1-3H3. The number of nitrogens with zero attached hydrogens (tertiary/aromatic N) is 2. The van der Waals surface area contributed by atoms with Gasteiger partial charge in [-0.2, -0.15) is 0 Å². The van der Waals surface area contributed by atoms with Gasteiger partial charge in [-0.15, -0.1) is 0 Å². The fourth-order valence-corrected chi connectivity index (χ4v) is 1.65. The number of carbonyl (C=O) groups is 1. The molecule has 1 aromatic heterocycles. The fourth-order valence-electron chi connectivity index (χ4n) is 1.65. The van der Waals surface area contributed by atoms with Crippen molar-refractivity contribution in [2.24, 2.45) is 0 Å². The molecule has 5 heteroatoms. The first-order chi connectivity index (χ1) is 7.38. The summed E-state index contributed by atoms with van der Waals surface area (Å²) in [5.41, 5.74) is 0.694. The van der Waals surface area contributed by atoms with E-state index in [-0.39, 0.29) is 24.3 Å². The van der Waals surface area contributed by atoms with E-state index in [0.717, 1.165) is 5.69 Å². The second-order valence-electron chi connectivity index (χ2n) is 5.16. The molecule has 2 heterocycles. The zero-order valence-electron chi connectivity index (χ0n) is 9.73. The smallest absolute Gasteiger partial charge is 0.234 e. The first-order valence-corrected chi connectivity index (χ1v) is 5.33. The van der Waals surface area contributed by atoms with Crippen molar-refractivity contribution in [1.29, 1.82) is 0 Å². The number of carbonyl (C=O) groups excluding carboxylic acids is 1. The molecular weight excluding hydrogens is 208 g/mol. The number of hydrogen-bond acceptors (Lipinski definition) is 4. The predicted octanol–water partition coefficient (Wildman–Crippen LogP) is 1.07. The zero-order valence-corrected chi connectivity index (χ0v) is 9.73. The highest BCUT2D eigenvalue weighted by Crippen LogP contribution is 2.28. The molecule has 0 bridgehead atoms. The van der Waals surface area contributed by atoms with E-state index in [1.807, 2.05) is 20.8 Å². The average molecular weight is 224 g/mol. The summed E-state index contributed by atoms with van der Waals surface area (Å²) in [6.45, 7) is 6.36. The Kier molecular flexibility index (Phi) is 2.50. The Labute approximate surface area is 94.0 Å². The summed E-state index contributed by atoms with van der Waals surface area (Å²) in [5.74, 6) is 0.301. The van der Waals surface area contributed by atoms with E-state index in [2.05, 4.69) is 5.16 Å². The highest BCUT2D eigenvalue weighted by atomic mass is 16.5. The van der Waals surface area contributed by atoms with Crippen molar-refractivity contribution in [3.63, 3.8) is 0 Å². The number of anilines is 1. The molecule has 0 radical (unpaired) electrons. The van der Waals surface area contributed by atoms with E-state index in [0.29, 0.717) is 5.88 Å². The summed E-state index contributed by atoms with van der Waals surface area (Å²) in [7, 11) is 0. The molecule has 1 aromatic rings. The second kappa shape index (κ2) is 3.59. The fraction of sp³-hybridized carbons (Fsp3) is 0.636. The second-order valence-corrected chi connectivity index (χ2v) is 5.16. The van der Waals surface area contributed by atoms with Gasteiger partial charge in [0.2, 0.25) is 11.8 Å². The van der Waals surface area contributed by atoms with Crippen molar-refractivity contribution in [2.45, 2.75) is 38.7 Å². The van der Waals surface area contributed by atoms with Gasteiger partial charge in [0.25, 0.3) is 0 Å². The number of aliphatic hydroxyl groups is 1. The number of amides is 1. The van der Waals surface area contributed by atoms with E-state index in [4.69, 9.17) is 4.52 Å². The summed E-state index contributed by atoms with van der Waals surface area (Å²) in [4.78, 5) is 13.0. The minimum atomic E-state index is -0.601. The largest absolute Gasteiger partial charge is 0.391 e. The van der Waals surface area contributed by atoms with Crippen molar-refractivity contribution < 1.29 is 14.4 Å². The van der Waals surface area contributed by atoms with Gasteiger partial charge in [0, 0.05) is 11.5 Å². The van der Waals surface area contributed by atoms with Crippen molar-refractivity contribution in [3.8, 4) is 0 Å². The summed E-state index contributed by atoms with van der Waals surface area (Å²) in [5, 5.41) is 13.3. The maximum Gasteiger partial charge on any atom is 0.234 e. The van der Waals surface area contributed by atoms with E-state index >= 15 is 0 Å². The Morgan fingerprint density at radius 3 is 2.69 bits per heavy atom. The van der Waals surface area contributed by atoms with Crippen LogP contribution in [0.15, 0.2) is 10.6 Å². The normalized spacial score (nSPS) is 21.9. The maximum absolute atomic E-state index is 11.5. The first-order valence-electron chi connectivity index (χ1n) is 5.33. The van der Waals surface area contributed by atoms with E-state index in [1.165, 1.54) is 4.90 Å². The third-order valence-corrected chi connectivity index (χ3v) is 2.64. The molecular formula is C11H16N2O3. The van der Waals surface area contributed by atoms with E-state index in [1.54, 1.807) is 6.07 Å². The Morgan fingerprint density at radius 1 is 1.56 bits per heavy atom. The van der Waals surface area contributed by atoms with Gasteiger partial charge >= 0.3 is 0 Å². The zero-order chi connectivity index (χ0) is 11.9. The van der Waals surface area contributed by atoms with Crippen molar-refractivity contribution in [3.05, 3.63) is 11.8 Å². The number of rotatable bonds is 1. The lowest BCUT2D eigenvalue weighted by Crippen LogP contribution is -2.24. The van der Waals surface area contributed by atoms with Crippen molar-refractivity contribution >= 4 is 11.8 Å². The van der Waals surface area contributed by atoms with Gasteiger partial charge in [-0.25, -0.2) is 0 Å². The lowest BCUT2D eigenvalue weighted by atomic mass is 9.92. The monoisotopic (exact) mass is 224 g/mol. The van der Waals surface area contributed by atoms with E-state index in [9.17, 15) is 9.90 Å². The minimum Gasteiger partial charge on any atom is -0.391 e. The Morgan fingerprint density at radius 2 is 2.25 bits per heavy atom. The van der Waals surface area contributed by atoms with Gasteiger partial charge in [-0.05, 0) is 0 Å². The van der Waals surface area contributed by atoms with Crippen LogP contribution >= 0.6 is 0 Å². The van der Waals surface area contributed by atoms with Crippen LogP contribution in [0.5, 0.6) is 0 Å². The SMILES string of the molecule is CC(C)(C)c1cc(N2CC(O)CC2=O)on1. The van der Waals surface area contributed by atoms with Crippen LogP contribution < -0.4 is 4.90 Å². The van der Waals surface area contributed by atoms with Crippen LogP contribution in [-0.4, -0.2) is 28.8 Å². The van der Waals surface area contributed by atoms with Gasteiger partial charge in [0.05, 0.1) is 24.8 Å². The molecule has 1 fully saturated rings. The Hall–Kier alpha value is -1.36. The lowest BCUT2D eigenvalue weighted by molar-refractivity contribution is -0.117. The molecule has 1 aliphatic heterocycles. The van der Waals surface area contributed by atoms with Crippen molar-refractivity contribution in [1.82, 2.24) is 5.16 Å². The highest BCUT2D eigenvalue weighted by Gasteiger charge is 2.32. The summed E-state index contributed by atoms with van der Waals surface area (Å²) < 4.78 is 5.14. The topological polar surface area (TPSA) is 66.6 Å². The third kappa shape index (κ3) is 1.95. The first kappa shape index (κ1) is 11.1. The van der Waals surface area contributed by atoms with Gasteiger partial charge in [0.15, 0.2) is 0 Å². The molecule has 2 rings (SSSR count). The third-order valence-electron chi connectivity index (χ3n) is 2.64. The summed E-state index contributed by atoms with van der Waals surface area (Å²) in [6.07, 6.45) is -0.443. The van der Waals surface area contributed by atoms with Gasteiger partial charge in [-0.1, -0.05) is 25.9 Å². The Bertz CT molecular complexity index is 406. The molecule has 0 spiro atoms. The molecule has 1 N–H and O–H groups in total. The molecule has 0 saturated carbocycles. The average Bonchev–Trinajstić information content (AvgIpc) is 2.70. The van der Waals surface area contributed by atoms with Crippen LogP contribution in [0.25, 0.3) is 0 Å². The van der Waals surface area contributed by atoms with Gasteiger partial charge < -0.3 is 9.63 Å². The Balaban J connectivity index is 2.23. The number of aliphatic hydroxyl groups excluding tert-OH is 1. The molecule has 0 aliphatic carbocycles. The quantitative estimate of drug-likeness (QED) is 0.774. The van der Waals surface area contributed by atoms with Gasteiger partial charge in [0.1, 0.15) is 0 Å². The minimum absolute atomic E-state index is 0.108. The molecule has 1 saturated heterocycles. The van der Waals surface area contributed by atoms with Crippen molar-refractivity contribution in [2.75, 3.05) is 11.4 Å². The molecule has 5 nitrogen and oxygen atoms in total. The maximum atomic E-state index is 11.5. The molecule has 1 aliphatic rings.